The first-order valence-electron chi connectivity index (χ1n) is 12.0. The second-order valence-corrected chi connectivity index (χ2v) is 9.01. The van der Waals surface area contributed by atoms with E-state index in [1.807, 2.05) is 0 Å². The van der Waals surface area contributed by atoms with Crippen molar-refractivity contribution in [3.05, 3.63) is 47.4 Å². The van der Waals surface area contributed by atoms with Crippen LogP contribution in [0.4, 0.5) is 0 Å². The number of allylic oxidation sites excluding steroid dienone is 4. The van der Waals surface area contributed by atoms with Crippen molar-refractivity contribution in [1.29, 1.82) is 0 Å². The van der Waals surface area contributed by atoms with Crippen LogP contribution in [0, 0.1) is 0 Å². The van der Waals surface area contributed by atoms with Crippen LogP contribution in [0.5, 0.6) is 0 Å². The van der Waals surface area contributed by atoms with E-state index in [0.29, 0.717) is 17.6 Å². The number of rotatable bonds is 3. The predicted molar refractivity (Wildman–Crippen MR) is 132 cm³/mol. The first-order valence-corrected chi connectivity index (χ1v) is 12.0. The van der Waals surface area contributed by atoms with Gasteiger partial charge in [0.05, 0.1) is 12.3 Å². The number of hydrogen-bond donors (Lipinski definition) is 2. The third-order valence-electron chi connectivity index (χ3n) is 6.66. The van der Waals surface area contributed by atoms with Gasteiger partial charge in [0, 0.05) is 45.7 Å². The number of amidine groups is 1. The molecule has 4 rings (SSSR count). The van der Waals surface area contributed by atoms with E-state index in [4.69, 9.17) is 4.74 Å². The molecule has 0 aromatic rings. The molecule has 0 spiro atoms. The van der Waals surface area contributed by atoms with E-state index in [9.17, 15) is 4.79 Å². The Balaban J connectivity index is 1.31. The van der Waals surface area contributed by atoms with Crippen molar-refractivity contribution >= 4 is 17.7 Å². The summed E-state index contributed by atoms with van der Waals surface area (Å²) in [6.45, 7) is 11.0. The summed E-state index contributed by atoms with van der Waals surface area (Å²) >= 11 is 0. The van der Waals surface area contributed by atoms with Crippen molar-refractivity contribution in [2.24, 2.45) is 9.98 Å². The van der Waals surface area contributed by atoms with Gasteiger partial charge in [0.15, 0.2) is 11.8 Å². The van der Waals surface area contributed by atoms with Crippen LogP contribution in [-0.2, 0) is 9.53 Å². The lowest BCUT2D eigenvalue weighted by atomic mass is 10.0. The lowest BCUT2D eigenvalue weighted by Crippen LogP contribution is -2.49. The molecule has 0 bridgehead atoms. The van der Waals surface area contributed by atoms with Crippen LogP contribution in [0.1, 0.15) is 39.0 Å². The molecule has 33 heavy (non-hydrogen) atoms. The zero-order valence-corrected chi connectivity index (χ0v) is 19.9. The summed E-state index contributed by atoms with van der Waals surface area (Å²) in [5.74, 6) is 2.37. The van der Waals surface area contributed by atoms with Gasteiger partial charge in [0.2, 0.25) is 5.91 Å². The van der Waals surface area contributed by atoms with E-state index < -0.39 is 0 Å². The molecule has 1 saturated heterocycles. The number of aliphatic imine (C=N–C) groups is 2. The van der Waals surface area contributed by atoms with Crippen LogP contribution in [0.15, 0.2) is 57.4 Å². The van der Waals surface area contributed by atoms with Crippen LogP contribution >= 0.6 is 0 Å². The first-order chi connectivity index (χ1) is 16.0. The van der Waals surface area contributed by atoms with Crippen LogP contribution in [0.25, 0.3) is 0 Å². The van der Waals surface area contributed by atoms with Crippen molar-refractivity contribution in [1.82, 2.24) is 20.4 Å². The number of carbonyl (C=O) groups excluding carboxylic acids is 1. The summed E-state index contributed by atoms with van der Waals surface area (Å²) in [7, 11) is 1.78. The minimum atomic E-state index is -0.137. The Morgan fingerprint density at radius 1 is 1.30 bits per heavy atom. The fourth-order valence-corrected chi connectivity index (χ4v) is 4.78. The molecule has 8 nitrogen and oxygen atoms in total. The van der Waals surface area contributed by atoms with E-state index in [1.165, 1.54) is 11.1 Å². The molecule has 3 aliphatic heterocycles. The van der Waals surface area contributed by atoms with Gasteiger partial charge in [-0.25, -0.2) is 0 Å². The van der Waals surface area contributed by atoms with Gasteiger partial charge in [0.1, 0.15) is 12.3 Å². The van der Waals surface area contributed by atoms with Gasteiger partial charge in [-0.05, 0) is 38.2 Å². The summed E-state index contributed by atoms with van der Waals surface area (Å²) in [4.78, 5) is 25.1. The minimum Gasteiger partial charge on any atom is -0.497 e. The van der Waals surface area contributed by atoms with Gasteiger partial charge in [-0.3, -0.25) is 19.7 Å². The Kier molecular flexibility index (Phi) is 7.65. The van der Waals surface area contributed by atoms with Crippen molar-refractivity contribution in [3.8, 4) is 0 Å². The number of guanidine groups is 1. The molecule has 178 valence electrons. The molecule has 4 aliphatic rings. The highest BCUT2D eigenvalue weighted by Gasteiger charge is 2.24. The molecule has 1 fully saturated rings. The van der Waals surface area contributed by atoms with Crippen LogP contribution in [0.2, 0.25) is 0 Å². The van der Waals surface area contributed by atoms with E-state index in [2.05, 4.69) is 62.1 Å². The lowest BCUT2D eigenvalue weighted by molar-refractivity contribution is -0.119. The Morgan fingerprint density at radius 2 is 2.18 bits per heavy atom. The Hall–Kier alpha value is -2.87. The molecule has 1 atom stereocenters. The van der Waals surface area contributed by atoms with Gasteiger partial charge in [-0.1, -0.05) is 30.4 Å². The number of nitrogens with one attached hydrogen (secondary N) is 2. The fourth-order valence-electron chi connectivity index (χ4n) is 4.78. The summed E-state index contributed by atoms with van der Waals surface area (Å²) < 4.78 is 5.88. The van der Waals surface area contributed by atoms with E-state index in [0.717, 1.165) is 76.6 Å². The third-order valence-corrected chi connectivity index (χ3v) is 6.66. The molecule has 8 heteroatoms. The lowest BCUT2D eigenvalue weighted by Gasteiger charge is -2.29. The predicted octanol–water partition coefficient (Wildman–Crippen LogP) is 2.34. The van der Waals surface area contributed by atoms with Crippen molar-refractivity contribution < 1.29 is 9.53 Å². The number of nitrogens with zero attached hydrogens (tertiary/aromatic N) is 4. The maximum Gasteiger partial charge on any atom is 0.246 e. The monoisotopic (exact) mass is 452 g/mol. The second kappa shape index (κ2) is 10.8. The Bertz CT molecular complexity index is 929. The zero-order chi connectivity index (χ0) is 23.2. The van der Waals surface area contributed by atoms with E-state index in [1.54, 1.807) is 7.05 Å². The molecule has 2 N–H and O–H groups in total. The number of ether oxygens (including phenoxy) is 1. The van der Waals surface area contributed by atoms with Crippen LogP contribution in [0.3, 0.4) is 0 Å². The van der Waals surface area contributed by atoms with Gasteiger partial charge in [0.25, 0.3) is 0 Å². The van der Waals surface area contributed by atoms with Gasteiger partial charge in [-0.2, -0.15) is 0 Å². The maximum atomic E-state index is 11.5. The quantitative estimate of drug-likeness (QED) is 0.508. The average Bonchev–Trinajstić information content (AvgIpc) is 3.18. The summed E-state index contributed by atoms with van der Waals surface area (Å²) in [6.07, 6.45) is 12.2. The van der Waals surface area contributed by atoms with Gasteiger partial charge < -0.3 is 20.3 Å². The molecule has 1 aliphatic carbocycles. The highest BCUT2D eigenvalue weighted by molar-refractivity contribution is 6.11. The zero-order valence-electron chi connectivity index (χ0n) is 19.9. The molecule has 0 saturated carbocycles. The molecule has 0 aromatic carbocycles. The van der Waals surface area contributed by atoms with Crippen LogP contribution < -0.4 is 10.6 Å². The van der Waals surface area contributed by atoms with E-state index >= 15 is 0 Å². The first kappa shape index (κ1) is 23.3. The molecular weight excluding hydrogens is 416 g/mol. The fraction of sp³-hybridized carbons (Fsp3) is 0.560. The molecular formula is C25H36N6O2. The molecule has 3 heterocycles. The van der Waals surface area contributed by atoms with Crippen molar-refractivity contribution in [3.63, 3.8) is 0 Å². The van der Waals surface area contributed by atoms with Gasteiger partial charge in [-0.15, -0.1) is 0 Å². The smallest absolute Gasteiger partial charge is 0.246 e. The van der Waals surface area contributed by atoms with Gasteiger partial charge >= 0.3 is 0 Å². The summed E-state index contributed by atoms with van der Waals surface area (Å²) in [5, 5.41) is 6.00. The third kappa shape index (κ3) is 5.93. The largest absolute Gasteiger partial charge is 0.497 e. The number of amides is 1. The normalized spacial score (nSPS) is 23.6. The number of carbonyl (C=O) groups is 1. The summed E-state index contributed by atoms with van der Waals surface area (Å²) in [6, 6.07) is 0.463. The maximum absolute atomic E-state index is 11.5. The second-order valence-electron chi connectivity index (χ2n) is 9.01. The molecule has 0 aromatic heterocycles. The number of hydrogen-bond acceptors (Lipinski definition) is 5. The van der Waals surface area contributed by atoms with Crippen molar-refractivity contribution in [2.75, 3.05) is 46.4 Å². The average molecular weight is 453 g/mol. The summed E-state index contributed by atoms with van der Waals surface area (Å²) in [5.41, 5.74) is 3.26. The molecule has 1 amide bonds. The highest BCUT2D eigenvalue weighted by Crippen LogP contribution is 2.28. The molecule has 0 radical (unpaired) electrons. The standard InChI is InChI=1S/C25H36N6O2/c1-18(16-20-7-9-21-6-4-15-33-22(21)10-8-20)30-11-5-12-31(14-13-30)25(26-3)29-24-19(2)28-23(32)17-27-24/h7-9,18H,2,4-6,10-17H2,1,3H3,(H,28,32)(H,26,27,29). The Labute approximate surface area is 196 Å². The van der Waals surface area contributed by atoms with Crippen molar-refractivity contribution in [2.45, 2.75) is 45.1 Å². The highest BCUT2D eigenvalue weighted by atomic mass is 16.5. The molecule has 1 unspecified atom stereocenters. The van der Waals surface area contributed by atoms with Crippen LogP contribution in [-0.4, -0.2) is 79.9 Å². The SMILES string of the molecule is C=C1NC(=O)CN=C1NC(=NC)N1CCCN(C(C)CC2=CCC3=C(C=C2)CCCO3)CC1. The van der Waals surface area contributed by atoms with E-state index in [-0.39, 0.29) is 12.5 Å². The Morgan fingerprint density at radius 3 is 3.00 bits per heavy atom. The minimum absolute atomic E-state index is 0.110. The topological polar surface area (TPSA) is 81.6 Å².